The molecule has 118 valence electrons. The van der Waals surface area contributed by atoms with Gasteiger partial charge in [-0.05, 0) is 49.4 Å². The zero-order valence-corrected chi connectivity index (χ0v) is 13.5. The summed E-state index contributed by atoms with van der Waals surface area (Å²) in [5, 5.41) is 16.5. The van der Waals surface area contributed by atoms with Crippen LogP contribution in [0.15, 0.2) is 12.2 Å². The molecule has 0 saturated heterocycles. The van der Waals surface area contributed by atoms with Crippen molar-refractivity contribution in [2.24, 2.45) is 23.7 Å². The van der Waals surface area contributed by atoms with Gasteiger partial charge in [-0.25, -0.2) is 0 Å². The lowest BCUT2D eigenvalue weighted by Gasteiger charge is -2.24. The van der Waals surface area contributed by atoms with E-state index in [0.29, 0.717) is 0 Å². The minimum atomic E-state index is -1.44. The van der Waals surface area contributed by atoms with Crippen LogP contribution >= 0.6 is 0 Å². The predicted molar refractivity (Wildman–Crippen MR) is 81.0 cm³/mol. The van der Waals surface area contributed by atoms with Gasteiger partial charge in [0, 0.05) is 0 Å². The maximum atomic E-state index is 9.01. The molecule has 0 amide bonds. The van der Waals surface area contributed by atoms with Crippen LogP contribution in [-0.2, 0) is 4.79 Å². The van der Waals surface area contributed by atoms with Gasteiger partial charge in [-0.1, -0.05) is 46.3 Å². The van der Waals surface area contributed by atoms with Crippen molar-refractivity contribution in [2.45, 2.75) is 59.8 Å². The summed E-state index contributed by atoms with van der Waals surface area (Å²) in [5.41, 5.74) is 0. The van der Waals surface area contributed by atoms with E-state index in [9.17, 15) is 0 Å². The summed E-state index contributed by atoms with van der Waals surface area (Å²) in [6, 6.07) is 0. The molecule has 1 aliphatic carbocycles. The fourth-order valence-electron chi connectivity index (χ4n) is 2.54. The molecule has 0 fully saturated rings. The molecule has 3 atom stereocenters. The Morgan fingerprint density at radius 1 is 1.25 bits per heavy atom. The summed E-state index contributed by atoms with van der Waals surface area (Å²) in [6.07, 6.45) is 11.8. The smallest absolute Gasteiger partial charge is 0.0826 e. The van der Waals surface area contributed by atoms with Gasteiger partial charge in [-0.3, -0.25) is 0 Å². The fourth-order valence-corrected chi connectivity index (χ4v) is 2.54. The number of hydrogen-bond donors (Lipinski definition) is 1. The van der Waals surface area contributed by atoms with Crippen molar-refractivity contribution in [1.29, 1.82) is 0 Å². The van der Waals surface area contributed by atoms with E-state index in [1.807, 2.05) is 0 Å². The van der Waals surface area contributed by atoms with E-state index >= 15 is 0 Å². The average molecular weight is 283 g/mol. The molecule has 20 heavy (non-hydrogen) atoms. The van der Waals surface area contributed by atoms with Crippen LogP contribution in [0.2, 0.25) is 0 Å². The standard InChI is InChI=1S/C15H28.C2H4O3/c1-12(2)15-10-8-13(3)6-5-7-14(4)9-11-15;3-1-2(4)5/h5-6,12-15H,7-11H2,1-4H3;3H,1H2,(H,4,5)/p-1/b6-5+;/t13-,14+,15-;/m1./s1. The van der Waals surface area contributed by atoms with E-state index in [1.165, 1.54) is 32.1 Å². The lowest BCUT2D eigenvalue weighted by molar-refractivity contribution is -0.308. The summed E-state index contributed by atoms with van der Waals surface area (Å²) >= 11 is 0. The zero-order chi connectivity index (χ0) is 15.5. The van der Waals surface area contributed by atoms with E-state index < -0.39 is 12.6 Å². The lowest BCUT2D eigenvalue weighted by atomic mass is 9.82. The van der Waals surface area contributed by atoms with Gasteiger partial charge in [-0.15, -0.1) is 0 Å². The van der Waals surface area contributed by atoms with E-state index in [4.69, 9.17) is 15.0 Å². The van der Waals surface area contributed by atoms with E-state index in [-0.39, 0.29) is 0 Å². The van der Waals surface area contributed by atoms with Crippen LogP contribution in [0.3, 0.4) is 0 Å². The summed E-state index contributed by atoms with van der Waals surface area (Å²) in [7, 11) is 0. The molecule has 0 spiro atoms. The second kappa shape index (κ2) is 10.9. The molecule has 1 aliphatic rings. The Hall–Kier alpha value is -0.830. The molecule has 1 rings (SSSR count). The summed E-state index contributed by atoms with van der Waals surface area (Å²) in [4.78, 5) is 9.01. The normalized spacial score (nSPS) is 29.2. The van der Waals surface area contributed by atoms with Crippen LogP contribution in [0.1, 0.15) is 59.8 Å². The van der Waals surface area contributed by atoms with E-state index in [2.05, 4.69) is 39.8 Å². The third kappa shape index (κ3) is 10.0. The van der Waals surface area contributed by atoms with Crippen molar-refractivity contribution >= 4 is 5.97 Å². The highest BCUT2D eigenvalue weighted by atomic mass is 16.4. The van der Waals surface area contributed by atoms with Gasteiger partial charge in [0.25, 0.3) is 0 Å². The first-order chi connectivity index (χ1) is 9.36. The van der Waals surface area contributed by atoms with Crippen molar-refractivity contribution < 1.29 is 15.0 Å². The molecule has 0 radical (unpaired) electrons. The first-order valence-electron chi connectivity index (χ1n) is 7.84. The predicted octanol–water partition coefficient (Wildman–Crippen LogP) is 2.78. The zero-order valence-electron chi connectivity index (χ0n) is 13.5. The number of carboxylic acid groups (broad SMARTS) is 1. The number of hydrogen-bond acceptors (Lipinski definition) is 3. The maximum Gasteiger partial charge on any atom is 0.0826 e. The van der Waals surface area contributed by atoms with E-state index in [0.717, 1.165) is 23.7 Å². The fraction of sp³-hybridized carbons (Fsp3) is 0.824. The molecule has 0 bridgehead atoms. The molecule has 0 aromatic heterocycles. The highest BCUT2D eigenvalue weighted by Gasteiger charge is 2.16. The Bertz CT molecular complexity index is 284. The molecule has 3 nitrogen and oxygen atoms in total. The molecule has 0 aliphatic heterocycles. The molecule has 0 aromatic rings. The second-order valence-corrected chi connectivity index (χ2v) is 6.44. The van der Waals surface area contributed by atoms with Crippen molar-refractivity contribution in [3.63, 3.8) is 0 Å². The average Bonchev–Trinajstić information content (AvgIpc) is 2.38. The van der Waals surface area contributed by atoms with Crippen molar-refractivity contribution in [2.75, 3.05) is 6.61 Å². The molecule has 1 N–H and O–H groups in total. The number of allylic oxidation sites excluding steroid dienone is 2. The quantitative estimate of drug-likeness (QED) is 0.793. The Labute approximate surface area is 124 Å². The molecular weight excluding hydrogens is 252 g/mol. The van der Waals surface area contributed by atoms with Gasteiger partial charge in [0.2, 0.25) is 0 Å². The summed E-state index contributed by atoms with van der Waals surface area (Å²) < 4.78 is 0. The number of rotatable bonds is 2. The van der Waals surface area contributed by atoms with Gasteiger partial charge in [-0.2, -0.15) is 0 Å². The highest BCUT2D eigenvalue weighted by molar-refractivity contribution is 5.65. The van der Waals surface area contributed by atoms with Crippen LogP contribution < -0.4 is 5.11 Å². The van der Waals surface area contributed by atoms with Gasteiger partial charge in [0.05, 0.1) is 12.6 Å². The van der Waals surface area contributed by atoms with Crippen LogP contribution in [0, 0.1) is 23.7 Å². The molecular formula is C17H31O3-. The number of carboxylic acids is 1. The number of aliphatic hydroxyl groups is 1. The molecule has 3 heteroatoms. The maximum absolute atomic E-state index is 9.01. The number of carbonyl (C=O) groups excluding carboxylic acids is 1. The minimum Gasteiger partial charge on any atom is -0.548 e. The first-order valence-corrected chi connectivity index (χ1v) is 7.84. The molecule has 0 aromatic carbocycles. The third-order valence-corrected chi connectivity index (χ3v) is 4.10. The van der Waals surface area contributed by atoms with Crippen LogP contribution in [0.25, 0.3) is 0 Å². The van der Waals surface area contributed by atoms with Crippen LogP contribution in [0.5, 0.6) is 0 Å². The molecule has 0 heterocycles. The van der Waals surface area contributed by atoms with Crippen molar-refractivity contribution in [1.82, 2.24) is 0 Å². The van der Waals surface area contributed by atoms with E-state index in [1.54, 1.807) is 0 Å². The summed E-state index contributed by atoms with van der Waals surface area (Å²) in [6.45, 7) is 8.65. The SMILES string of the molecule is CC(C)[C@H]1CC[C@@H](C)C/C=C/[C@@H](C)CC1.O=C([O-])CO. The monoisotopic (exact) mass is 283 g/mol. The molecule has 0 unspecified atom stereocenters. The molecule has 0 saturated carbocycles. The summed E-state index contributed by atoms with van der Waals surface area (Å²) in [5.74, 6) is 2.06. The largest absolute Gasteiger partial charge is 0.548 e. The number of aliphatic hydroxyl groups excluding tert-OH is 1. The minimum absolute atomic E-state index is 0.788. The van der Waals surface area contributed by atoms with Gasteiger partial charge < -0.3 is 15.0 Å². The Morgan fingerprint density at radius 2 is 1.80 bits per heavy atom. The van der Waals surface area contributed by atoms with Crippen LogP contribution in [0.4, 0.5) is 0 Å². The second-order valence-electron chi connectivity index (χ2n) is 6.44. The number of aliphatic carboxylic acids is 1. The topological polar surface area (TPSA) is 60.4 Å². The Kier molecular flexibility index (Phi) is 10.4. The Balaban J connectivity index is 0.000000621. The van der Waals surface area contributed by atoms with Crippen molar-refractivity contribution in [3.05, 3.63) is 12.2 Å². The number of carbonyl (C=O) groups is 1. The third-order valence-electron chi connectivity index (χ3n) is 4.10. The lowest BCUT2D eigenvalue weighted by Crippen LogP contribution is -2.25. The van der Waals surface area contributed by atoms with Crippen molar-refractivity contribution in [3.8, 4) is 0 Å². The first kappa shape index (κ1) is 19.2. The Morgan fingerprint density at radius 3 is 2.30 bits per heavy atom. The van der Waals surface area contributed by atoms with Crippen LogP contribution in [-0.4, -0.2) is 17.7 Å². The van der Waals surface area contributed by atoms with Gasteiger partial charge in [0.15, 0.2) is 0 Å². The van der Waals surface area contributed by atoms with Gasteiger partial charge in [0.1, 0.15) is 0 Å². The highest BCUT2D eigenvalue weighted by Crippen LogP contribution is 2.28. The van der Waals surface area contributed by atoms with Gasteiger partial charge >= 0.3 is 0 Å².